The average molecular weight is 265 g/mol. The number of hydrogen-bond donors (Lipinski definition) is 3. The van der Waals surface area contributed by atoms with E-state index in [1.54, 1.807) is 0 Å². The van der Waals surface area contributed by atoms with Crippen molar-refractivity contribution >= 4 is 23.5 Å². The number of rotatable bonds is 2. The first-order valence-electron chi connectivity index (χ1n) is 6.62. The first kappa shape index (κ1) is 13.0. The zero-order valence-corrected chi connectivity index (χ0v) is 11.5. The van der Waals surface area contributed by atoms with E-state index < -0.39 is 7.12 Å². The third kappa shape index (κ3) is 2.03. The summed E-state index contributed by atoms with van der Waals surface area (Å²) in [7, 11) is -1.48. The van der Waals surface area contributed by atoms with Crippen molar-refractivity contribution in [2.24, 2.45) is 0 Å². The summed E-state index contributed by atoms with van der Waals surface area (Å²) in [4.78, 5) is 3.37. The lowest BCUT2D eigenvalue weighted by atomic mass is 9.75. The topological polar surface area (TPSA) is 56.2 Å². The van der Waals surface area contributed by atoms with E-state index in [0.717, 1.165) is 33.3 Å². The van der Waals surface area contributed by atoms with Crippen molar-refractivity contribution in [2.75, 3.05) is 0 Å². The van der Waals surface area contributed by atoms with Crippen LogP contribution in [0.4, 0.5) is 0 Å². The highest BCUT2D eigenvalue weighted by Crippen LogP contribution is 2.28. The van der Waals surface area contributed by atoms with E-state index in [4.69, 9.17) is 0 Å². The molecule has 0 radical (unpaired) electrons. The number of aryl methyl sites for hydroxylation is 2. The maximum absolute atomic E-state index is 9.60. The molecule has 0 atom stereocenters. The molecule has 0 aliphatic rings. The summed E-state index contributed by atoms with van der Waals surface area (Å²) in [5.74, 6) is 0. The summed E-state index contributed by atoms with van der Waals surface area (Å²) in [5.41, 5.74) is 5.48. The van der Waals surface area contributed by atoms with Gasteiger partial charge in [-0.25, -0.2) is 0 Å². The van der Waals surface area contributed by atoms with E-state index in [1.807, 2.05) is 50.2 Å². The predicted molar refractivity (Wildman–Crippen MR) is 83.0 cm³/mol. The highest BCUT2D eigenvalue weighted by atomic mass is 16.4. The normalized spacial score (nSPS) is 11.0. The van der Waals surface area contributed by atoms with Gasteiger partial charge in [0, 0.05) is 16.6 Å². The number of aromatic amines is 1. The standard InChI is InChI=1S/C16H16BNO2/c1-10-7-8-13(14(9-10)17(19)20)16-11(2)12-5-3-4-6-15(12)18-16/h3-9,18-20H,1-2H3. The van der Waals surface area contributed by atoms with Crippen LogP contribution < -0.4 is 5.46 Å². The van der Waals surface area contributed by atoms with Gasteiger partial charge in [0.05, 0.1) is 0 Å². The Labute approximate surface area is 118 Å². The van der Waals surface area contributed by atoms with Gasteiger partial charge < -0.3 is 15.0 Å². The first-order valence-corrected chi connectivity index (χ1v) is 6.62. The minimum Gasteiger partial charge on any atom is -0.423 e. The molecule has 100 valence electrons. The van der Waals surface area contributed by atoms with Crippen LogP contribution in [0.15, 0.2) is 42.5 Å². The molecule has 0 aliphatic carbocycles. The minimum atomic E-state index is -1.48. The third-order valence-corrected chi connectivity index (χ3v) is 3.72. The predicted octanol–water partition coefficient (Wildman–Crippen LogP) is 2.13. The molecule has 3 N–H and O–H groups in total. The average Bonchev–Trinajstić information content (AvgIpc) is 2.76. The summed E-state index contributed by atoms with van der Waals surface area (Å²) >= 11 is 0. The zero-order valence-electron chi connectivity index (χ0n) is 11.5. The summed E-state index contributed by atoms with van der Waals surface area (Å²) in [6, 6.07) is 13.8. The SMILES string of the molecule is Cc1ccc(-c2[nH]c3ccccc3c2C)c(B(O)O)c1. The van der Waals surface area contributed by atoms with E-state index in [2.05, 4.69) is 11.1 Å². The number of para-hydroxylation sites is 1. The Bertz CT molecular complexity index is 777. The van der Waals surface area contributed by atoms with Crippen molar-refractivity contribution in [3.8, 4) is 11.3 Å². The quantitative estimate of drug-likeness (QED) is 0.622. The Morgan fingerprint density at radius 1 is 1.00 bits per heavy atom. The van der Waals surface area contributed by atoms with Crippen molar-refractivity contribution in [3.05, 3.63) is 53.6 Å². The molecule has 1 heterocycles. The van der Waals surface area contributed by atoms with Gasteiger partial charge in [0.25, 0.3) is 0 Å². The van der Waals surface area contributed by atoms with Gasteiger partial charge in [0.2, 0.25) is 0 Å². The van der Waals surface area contributed by atoms with Crippen LogP contribution in [0.5, 0.6) is 0 Å². The smallest absolute Gasteiger partial charge is 0.423 e. The van der Waals surface area contributed by atoms with Crippen LogP contribution in [0.3, 0.4) is 0 Å². The molecular weight excluding hydrogens is 249 g/mol. The number of aromatic nitrogens is 1. The monoisotopic (exact) mass is 265 g/mol. The Balaban J connectivity index is 2.28. The van der Waals surface area contributed by atoms with E-state index in [0.29, 0.717) is 5.46 Å². The summed E-state index contributed by atoms with van der Waals surface area (Å²) in [6.07, 6.45) is 0. The van der Waals surface area contributed by atoms with Crippen LogP contribution >= 0.6 is 0 Å². The van der Waals surface area contributed by atoms with Crippen molar-refractivity contribution < 1.29 is 10.0 Å². The molecule has 0 saturated heterocycles. The first-order chi connectivity index (χ1) is 9.58. The van der Waals surface area contributed by atoms with Gasteiger partial charge in [0.1, 0.15) is 0 Å². The van der Waals surface area contributed by atoms with Crippen LogP contribution in [0.2, 0.25) is 0 Å². The highest BCUT2D eigenvalue weighted by Gasteiger charge is 2.20. The van der Waals surface area contributed by atoms with E-state index in [9.17, 15) is 10.0 Å². The van der Waals surface area contributed by atoms with Crippen LogP contribution in [0.25, 0.3) is 22.2 Å². The molecule has 3 aromatic rings. The number of H-pyrrole nitrogens is 1. The van der Waals surface area contributed by atoms with Crippen LogP contribution in [0, 0.1) is 13.8 Å². The van der Waals surface area contributed by atoms with Gasteiger partial charge in [-0.05, 0) is 36.5 Å². The number of nitrogens with one attached hydrogen (secondary N) is 1. The molecule has 4 heteroatoms. The van der Waals surface area contributed by atoms with Gasteiger partial charge in [-0.2, -0.15) is 0 Å². The lowest BCUT2D eigenvalue weighted by Crippen LogP contribution is -2.32. The molecule has 0 unspecified atom stereocenters. The van der Waals surface area contributed by atoms with Crippen LogP contribution in [0.1, 0.15) is 11.1 Å². The van der Waals surface area contributed by atoms with Gasteiger partial charge in [-0.3, -0.25) is 0 Å². The van der Waals surface area contributed by atoms with Crippen LogP contribution in [-0.2, 0) is 0 Å². The minimum absolute atomic E-state index is 0.527. The lowest BCUT2D eigenvalue weighted by molar-refractivity contribution is 0.426. The van der Waals surface area contributed by atoms with Crippen molar-refractivity contribution in [2.45, 2.75) is 13.8 Å². The second-order valence-corrected chi connectivity index (χ2v) is 5.13. The molecule has 3 rings (SSSR count). The molecule has 0 aliphatic heterocycles. The van der Waals surface area contributed by atoms with Crippen molar-refractivity contribution in [1.82, 2.24) is 4.98 Å². The Kier molecular flexibility index (Phi) is 3.12. The zero-order chi connectivity index (χ0) is 14.3. The van der Waals surface area contributed by atoms with Gasteiger partial charge in [0.15, 0.2) is 0 Å². The Morgan fingerprint density at radius 2 is 1.75 bits per heavy atom. The molecule has 2 aromatic carbocycles. The molecule has 1 aromatic heterocycles. The highest BCUT2D eigenvalue weighted by molar-refractivity contribution is 6.60. The molecule has 20 heavy (non-hydrogen) atoms. The third-order valence-electron chi connectivity index (χ3n) is 3.72. The maximum atomic E-state index is 9.60. The summed E-state index contributed by atoms with van der Waals surface area (Å²) in [6.45, 7) is 3.98. The molecular formula is C16H16BNO2. The Morgan fingerprint density at radius 3 is 2.45 bits per heavy atom. The fourth-order valence-corrected chi connectivity index (χ4v) is 2.67. The second-order valence-electron chi connectivity index (χ2n) is 5.13. The van der Waals surface area contributed by atoms with Crippen molar-refractivity contribution in [1.29, 1.82) is 0 Å². The van der Waals surface area contributed by atoms with E-state index in [-0.39, 0.29) is 0 Å². The van der Waals surface area contributed by atoms with Gasteiger partial charge >= 0.3 is 7.12 Å². The molecule has 3 nitrogen and oxygen atoms in total. The largest absolute Gasteiger partial charge is 0.489 e. The molecule has 0 bridgehead atoms. The second kappa shape index (κ2) is 4.82. The maximum Gasteiger partial charge on any atom is 0.489 e. The summed E-state index contributed by atoms with van der Waals surface area (Å²) < 4.78 is 0. The molecule has 0 saturated carbocycles. The fourth-order valence-electron chi connectivity index (χ4n) is 2.67. The number of fused-ring (bicyclic) bond motifs is 1. The van der Waals surface area contributed by atoms with Crippen LogP contribution in [-0.4, -0.2) is 22.2 Å². The lowest BCUT2D eigenvalue weighted by Gasteiger charge is -2.10. The summed E-state index contributed by atoms with van der Waals surface area (Å²) in [5, 5.41) is 20.3. The van der Waals surface area contributed by atoms with E-state index in [1.165, 1.54) is 0 Å². The molecule has 0 spiro atoms. The van der Waals surface area contributed by atoms with Gasteiger partial charge in [-0.1, -0.05) is 42.0 Å². The van der Waals surface area contributed by atoms with Gasteiger partial charge in [-0.15, -0.1) is 0 Å². The Hall–Kier alpha value is -2.04. The molecule has 0 fully saturated rings. The number of benzene rings is 2. The molecule has 0 amide bonds. The van der Waals surface area contributed by atoms with Crippen molar-refractivity contribution in [3.63, 3.8) is 0 Å². The van der Waals surface area contributed by atoms with E-state index >= 15 is 0 Å². The fraction of sp³-hybridized carbons (Fsp3) is 0.125. The number of hydrogen-bond acceptors (Lipinski definition) is 2.